The highest BCUT2D eigenvalue weighted by atomic mass is 32.2. The summed E-state index contributed by atoms with van der Waals surface area (Å²) in [7, 11) is -2.82. The lowest BCUT2D eigenvalue weighted by Crippen LogP contribution is -2.32. The molecule has 8 heteroatoms. The molecule has 0 unspecified atom stereocenters. The average Bonchev–Trinajstić information content (AvgIpc) is 2.83. The molecule has 0 heterocycles. The maximum Gasteiger partial charge on any atom is 0.339 e. The van der Waals surface area contributed by atoms with Gasteiger partial charge in [0.25, 0.3) is 0 Å². The van der Waals surface area contributed by atoms with Crippen molar-refractivity contribution >= 4 is 22.1 Å². The number of benzene rings is 3. The van der Waals surface area contributed by atoms with Crippen molar-refractivity contribution in [1.29, 1.82) is 0 Å². The number of hydrogen-bond acceptors (Lipinski definition) is 5. The molecule has 0 aromatic heterocycles. The van der Waals surface area contributed by atoms with Gasteiger partial charge in [0.2, 0.25) is 5.91 Å². The Hall–Kier alpha value is -3.65. The maximum atomic E-state index is 13.2. The monoisotopic (exact) mass is 497 g/mol. The molecule has 3 aromatic rings. The summed E-state index contributed by atoms with van der Waals surface area (Å²) in [6.45, 7) is 4.78. The van der Waals surface area contributed by atoms with Gasteiger partial charge < -0.3 is 13.8 Å². The number of hydrogen-bond donors (Lipinski definition) is 0. The van der Waals surface area contributed by atoms with Crippen molar-refractivity contribution in [1.82, 2.24) is 4.90 Å². The molecule has 0 N–H and O–H groups in total. The maximum absolute atomic E-state index is 13.2. The second-order valence-corrected chi connectivity index (χ2v) is 9.88. The third-order valence-corrected chi connectivity index (χ3v) is 6.27. The zero-order valence-electron chi connectivity index (χ0n) is 19.8. The first-order valence-electron chi connectivity index (χ1n) is 11.1. The molecule has 0 aliphatic rings. The van der Waals surface area contributed by atoms with Gasteiger partial charge in [0.05, 0.1) is 7.11 Å². The fourth-order valence-corrected chi connectivity index (χ4v) is 4.32. The van der Waals surface area contributed by atoms with Crippen molar-refractivity contribution in [3.8, 4) is 11.5 Å². The number of carbonyl (C=O) groups is 1. The molecule has 3 rings (SSSR count). The lowest BCUT2D eigenvalue weighted by molar-refractivity contribution is -0.127. The molecule has 0 saturated carbocycles. The summed E-state index contributed by atoms with van der Waals surface area (Å²) in [5, 5.41) is 0. The van der Waals surface area contributed by atoms with Gasteiger partial charge in [0.1, 0.15) is 10.7 Å². The predicted octanol–water partition coefficient (Wildman–Crippen LogP) is 5.30. The van der Waals surface area contributed by atoms with E-state index in [2.05, 4.69) is 0 Å². The van der Waals surface area contributed by atoms with Gasteiger partial charge in [-0.1, -0.05) is 50.2 Å². The number of amides is 1. The third-order valence-electron chi connectivity index (χ3n) is 5.02. The standard InChI is InChI=1S/C27H28FNO5S/c1-20(2)18-29(27(30)16-10-21-7-5-4-6-8-21)19-22-9-15-25(33-3)26(17-22)34-35(31,32)24-13-11-23(28)12-14-24/h4-17,20H,18-19H2,1-3H3/b16-10+. The minimum absolute atomic E-state index is 0.0221. The van der Waals surface area contributed by atoms with Crippen molar-refractivity contribution < 1.29 is 26.5 Å². The second-order valence-electron chi connectivity index (χ2n) is 8.33. The van der Waals surface area contributed by atoms with Gasteiger partial charge in [-0.15, -0.1) is 0 Å². The van der Waals surface area contributed by atoms with Crippen LogP contribution >= 0.6 is 0 Å². The van der Waals surface area contributed by atoms with E-state index in [0.29, 0.717) is 12.1 Å². The van der Waals surface area contributed by atoms with Crippen LogP contribution in [0.1, 0.15) is 25.0 Å². The quantitative estimate of drug-likeness (QED) is 0.281. The van der Waals surface area contributed by atoms with Crippen LogP contribution in [0.4, 0.5) is 4.39 Å². The highest BCUT2D eigenvalue weighted by molar-refractivity contribution is 7.87. The summed E-state index contributed by atoms with van der Waals surface area (Å²) < 4.78 is 49.2. The number of carbonyl (C=O) groups excluding carboxylic acids is 1. The van der Waals surface area contributed by atoms with Gasteiger partial charge in [-0.25, -0.2) is 4.39 Å². The molecule has 1 amide bonds. The Morgan fingerprint density at radius 1 is 1.00 bits per heavy atom. The molecule has 0 fully saturated rings. The van der Waals surface area contributed by atoms with E-state index >= 15 is 0 Å². The highest BCUT2D eigenvalue weighted by Crippen LogP contribution is 2.31. The Bertz CT molecular complexity index is 1270. The van der Waals surface area contributed by atoms with E-state index in [1.54, 1.807) is 23.1 Å². The van der Waals surface area contributed by atoms with Gasteiger partial charge >= 0.3 is 10.1 Å². The highest BCUT2D eigenvalue weighted by Gasteiger charge is 2.21. The molecule has 0 aliphatic heterocycles. The van der Waals surface area contributed by atoms with Crippen molar-refractivity contribution in [3.63, 3.8) is 0 Å². The molecular weight excluding hydrogens is 469 g/mol. The van der Waals surface area contributed by atoms with Crippen molar-refractivity contribution in [2.45, 2.75) is 25.3 Å². The molecule has 184 valence electrons. The van der Waals surface area contributed by atoms with Crippen molar-refractivity contribution in [2.24, 2.45) is 5.92 Å². The van der Waals surface area contributed by atoms with Crippen LogP contribution in [-0.4, -0.2) is 32.9 Å². The summed E-state index contributed by atoms with van der Waals surface area (Å²) in [4.78, 5) is 14.5. The summed E-state index contributed by atoms with van der Waals surface area (Å²) in [6, 6.07) is 18.7. The molecule has 3 aromatic carbocycles. The van der Waals surface area contributed by atoms with E-state index in [1.807, 2.05) is 44.2 Å². The Morgan fingerprint density at radius 2 is 1.69 bits per heavy atom. The van der Waals surface area contributed by atoms with E-state index < -0.39 is 15.9 Å². The smallest absolute Gasteiger partial charge is 0.339 e. The van der Waals surface area contributed by atoms with E-state index in [4.69, 9.17) is 8.92 Å². The summed E-state index contributed by atoms with van der Waals surface area (Å²) in [5.41, 5.74) is 1.58. The number of ether oxygens (including phenoxy) is 1. The largest absolute Gasteiger partial charge is 0.493 e. The number of nitrogens with zero attached hydrogens (tertiary/aromatic N) is 1. The van der Waals surface area contributed by atoms with Crippen LogP contribution in [0.3, 0.4) is 0 Å². The van der Waals surface area contributed by atoms with Gasteiger partial charge in [-0.2, -0.15) is 8.42 Å². The number of methoxy groups -OCH3 is 1. The van der Waals surface area contributed by atoms with Crippen molar-refractivity contribution in [3.05, 3.63) is 95.8 Å². The molecule has 0 radical (unpaired) electrons. The molecule has 0 bridgehead atoms. The fourth-order valence-electron chi connectivity index (χ4n) is 3.38. The first kappa shape index (κ1) is 26.0. The van der Waals surface area contributed by atoms with E-state index in [-0.39, 0.29) is 34.8 Å². The predicted molar refractivity (Wildman–Crippen MR) is 133 cm³/mol. The molecule has 0 saturated heterocycles. The minimum Gasteiger partial charge on any atom is -0.493 e. The summed E-state index contributed by atoms with van der Waals surface area (Å²) in [6.07, 6.45) is 3.28. The number of halogens is 1. The fraction of sp³-hybridized carbons (Fsp3) is 0.222. The molecule has 6 nitrogen and oxygen atoms in total. The van der Waals surface area contributed by atoms with Crippen LogP contribution in [0.25, 0.3) is 6.08 Å². The summed E-state index contributed by atoms with van der Waals surface area (Å²) in [5.74, 6) is -0.312. The van der Waals surface area contributed by atoms with Crippen LogP contribution in [0.5, 0.6) is 11.5 Å². The van der Waals surface area contributed by atoms with Gasteiger partial charge in [0, 0.05) is 19.2 Å². The molecule has 0 aliphatic carbocycles. The Labute approximate surface area is 205 Å². The first-order chi connectivity index (χ1) is 16.7. The minimum atomic E-state index is -4.22. The lowest BCUT2D eigenvalue weighted by Gasteiger charge is -2.24. The normalized spacial score (nSPS) is 11.6. The average molecular weight is 498 g/mol. The Kier molecular flexibility index (Phi) is 8.65. The van der Waals surface area contributed by atoms with Gasteiger partial charge in [-0.05, 0) is 59.5 Å². The van der Waals surface area contributed by atoms with Gasteiger partial charge in [-0.3, -0.25) is 4.79 Å². The van der Waals surface area contributed by atoms with Crippen LogP contribution in [0.15, 0.2) is 83.8 Å². The van der Waals surface area contributed by atoms with Crippen LogP contribution < -0.4 is 8.92 Å². The molecule has 35 heavy (non-hydrogen) atoms. The zero-order chi connectivity index (χ0) is 25.4. The molecular formula is C27H28FNO5S. The van der Waals surface area contributed by atoms with Gasteiger partial charge in [0.15, 0.2) is 11.5 Å². The third kappa shape index (κ3) is 7.42. The zero-order valence-corrected chi connectivity index (χ0v) is 20.7. The van der Waals surface area contributed by atoms with Crippen molar-refractivity contribution in [2.75, 3.05) is 13.7 Å². The van der Waals surface area contributed by atoms with Crippen LogP contribution in [-0.2, 0) is 21.5 Å². The van der Waals surface area contributed by atoms with E-state index in [1.165, 1.54) is 19.3 Å². The Balaban J connectivity index is 1.84. The molecule has 0 spiro atoms. The summed E-state index contributed by atoms with van der Waals surface area (Å²) >= 11 is 0. The second kappa shape index (κ2) is 11.7. The first-order valence-corrected chi connectivity index (χ1v) is 12.5. The number of rotatable bonds is 10. The van der Waals surface area contributed by atoms with E-state index in [9.17, 15) is 17.6 Å². The SMILES string of the molecule is COc1ccc(CN(CC(C)C)C(=O)/C=C/c2ccccc2)cc1OS(=O)(=O)c1ccc(F)cc1. The Morgan fingerprint density at radius 3 is 2.31 bits per heavy atom. The topological polar surface area (TPSA) is 72.9 Å². The lowest BCUT2D eigenvalue weighted by atomic mass is 10.1. The van der Waals surface area contributed by atoms with Crippen LogP contribution in [0, 0.1) is 11.7 Å². The van der Waals surface area contributed by atoms with Crippen LogP contribution in [0.2, 0.25) is 0 Å². The van der Waals surface area contributed by atoms with E-state index in [0.717, 1.165) is 29.8 Å². The molecule has 0 atom stereocenters.